The van der Waals surface area contributed by atoms with Crippen LogP contribution in [-0.2, 0) is 14.4 Å². The molecule has 0 unspecified atom stereocenters. The molecular formula is C35H43N3O3. The van der Waals surface area contributed by atoms with Crippen molar-refractivity contribution in [1.82, 2.24) is 16.0 Å². The summed E-state index contributed by atoms with van der Waals surface area (Å²) in [6, 6.07) is 18.3. The van der Waals surface area contributed by atoms with Crippen molar-refractivity contribution in [3.8, 4) is 12.3 Å². The Balaban J connectivity index is 1.90. The van der Waals surface area contributed by atoms with Crippen LogP contribution in [0.4, 0.5) is 0 Å². The quantitative estimate of drug-likeness (QED) is 0.420. The van der Waals surface area contributed by atoms with Crippen molar-refractivity contribution in [1.29, 1.82) is 0 Å². The van der Waals surface area contributed by atoms with E-state index in [1.54, 1.807) is 6.08 Å². The van der Waals surface area contributed by atoms with Gasteiger partial charge in [-0.3, -0.25) is 14.4 Å². The Hall–Kier alpha value is -4.11. The number of benzene rings is 2. The Morgan fingerprint density at radius 3 is 1.93 bits per heavy atom. The summed E-state index contributed by atoms with van der Waals surface area (Å²) in [6.45, 7) is 0.895. The maximum Gasteiger partial charge on any atom is 0.252 e. The molecule has 3 rings (SSSR count). The van der Waals surface area contributed by atoms with Crippen LogP contribution in [0.1, 0.15) is 81.8 Å². The van der Waals surface area contributed by atoms with Gasteiger partial charge in [-0.25, -0.2) is 0 Å². The van der Waals surface area contributed by atoms with Crippen molar-refractivity contribution in [2.45, 2.75) is 76.7 Å². The van der Waals surface area contributed by atoms with E-state index in [2.05, 4.69) is 21.9 Å². The number of carbonyl (C=O) groups excluding carboxylic acids is 3. The number of hydrogen-bond acceptors (Lipinski definition) is 3. The van der Waals surface area contributed by atoms with Crippen LogP contribution in [0.25, 0.3) is 11.1 Å². The number of nitrogens with one attached hydrogen (secondary N) is 3. The fraction of sp³-hybridized carbons (Fsp3) is 0.400. The van der Waals surface area contributed by atoms with E-state index in [1.807, 2.05) is 66.7 Å². The van der Waals surface area contributed by atoms with Gasteiger partial charge in [-0.2, -0.15) is 0 Å². The number of hydrogen-bond donors (Lipinski definition) is 3. The SMILES string of the molecule is C#CC[C@@H]1NC(=O)/C(c2ccccc2)=C\C=C(\c2ccccc2)CNC(=O)CCCCCCCCCCCNC1=O. The van der Waals surface area contributed by atoms with Crippen LogP contribution in [0.5, 0.6) is 0 Å². The van der Waals surface area contributed by atoms with Gasteiger partial charge in [0.25, 0.3) is 5.91 Å². The number of carbonyl (C=O) groups is 3. The molecule has 1 atom stereocenters. The highest BCUT2D eigenvalue weighted by Crippen LogP contribution is 2.19. The average molecular weight is 554 g/mol. The zero-order valence-electron chi connectivity index (χ0n) is 24.0. The van der Waals surface area contributed by atoms with E-state index in [0.717, 1.165) is 49.7 Å². The highest BCUT2D eigenvalue weighted by molar-refractivity contribution is 6.20. The third-order valence-corrected chi connectivity index (χ3v) is 7.22. The minimum absolute atomic E-state index is 0.0263. The molecule has 2 aromatic rings. The summed E-state index contributed by atoms with van der Waals surface area (Å²) < 4.78 is 0. The summed E-state index contributed by atoms with van der Waals surface area (Å²) in [4.78, 5) is 39.2. The van der Waals surface area contributed by atoms with Crippen LogP contribution in [0.3, 0.4) is 0 Å². The molecule has 6 nitrogen and oxygen atoms in total. The van der Waals surface area contributed by atoms with Crippen molar-refractivity contribution in [3.63, 3.8) is 0 Å². The van der Waals surface area contributed by atoms with E-state index in [9.17, 15) is 14.4 Å². The summed E-state index contributed by atoms with van der Waals surface area (Å²) in [5.41, 5.74) is 2.94. The van der Waals surface area contributed by atoms with Crippen LogP contribution in [0, 0.1) is 12.3 Å². The van der Waals surface area contributed by atoms with Gasteiger partial charge in [-0.15, -0.1) is 12.3 Å². The largest absolute Gasteiger partial charge is 0.354 e. The predicted molar refractivity (Wildman–Crippen MR) is 166 cm³/mol. The first-order chi connectivity index (χ1) is 20.1. The summed E-state index contributed by atoms with van der Waals surface area (Å²) in [6.07, 6.45) is 19.5. The monoisotopic (exact) mass is 553 g/mol. The molecule has 0 aromatic heterocycles. The molecule has 0 saturated heterocycles. The van der Waals surface area contributed by atoms with Gasteiger partial charge in [0.15, 0.2) is 0 Å². The fourth-order valence-corrected chi connectivity index (χ4v) is 4.84. The van der Waals surface area contributed by atoms with E-state index in [-0.39, 0.29) is 18.2 Å². The Kier molecular flexibility index (Phi) is 14.0. The number of terminal acetylenes is 1. The molecule has 1 aliphatic rings. The standard InChI is InChI=1S/C35H43N3O3/c1-2-18-32-35(41)36-26-17-9-7-5-3-4-6-8-16-23-33(39)37-27-30(28-19-12-10-13-20-28)24-25-31(34(40)38-32)29-21-14-11-15-22-29/h1,10-15,19-22,24-25,32H,3-9,16-18,23,26-27H2,(H,36,41)(H,37,39)(H,38,40)/b30-24+,31-25-/t32-/m0/s1. The first kappa shape index (κ1) is 31.4. The molecule has 0 radical (unpaired) electrons. The minimum atomic E-state index is -0.835. The van der Waals surface area contributed by atoms with Crippen molar-refractivity contribution in [2.24, 2.45) is 0 Å². The smallest absolute Gasteiger partial charge is 0.252 e. The lowest BCUT2D eigenvalue weighted by atomic mass is 10.0. The summed E-state index contributed by atoms with van der Waals surface area (Å²) in [5.74, 6) is 1.89. The van der Waals surface area contributed by atoms with Gasteiger partial charge >= 0.3 is 0 Å². The molecule has 3 N–H and O–H groups in total. The summed E-state index contributed by atoms with van der Waals surface area (Å²) in [7, 11) is 0. The Morgan fingerprint density at radius 2 is 1.29 bits per heavy atom. The molecule has 6 heteroatoms. The van der Waals surface area contributed by atoms with E-state index in [1.165, 1.54) is 19.3 Å². The van der Waals surface area contributed by atoms with Gasteiger partial charge in [0.1, 0.15) is 6.04 Å². The van der Waals surface area contributed by atoms with Gasteiger partial charge < -0.3 is 16.0 Å². The molecule has 0 bridgehead atoms. The van der Waals surface area contributed by atoms with Crippen molar-refractivity contribution in [3.05, 3.63) is 83.9 Å². The molecule has 1 aliphatic heterocycles. The molecule has 41 heavy (non-hydrogen) atoms. The molecule has 216 valence electrons. The first-order valence-corrected chi connectivity index (χ1v) is 14.9. The first-order valence-electron chi connectivity index (χ1n) is 14.9. The van der Waals surface area contributed by atoms with Crippen molar-refractivity contribution >= 4 is 28.9 Å². The molecule has 3 amide bonds. The third kappa shape index (κ3) is 11.5. The van der Waals surface area contributed by atoms with Crippen LogP contribution in [0.15, 0.2) is 72.8 Å². The maximum absolute atomic E-state index is 13.6. The van der Waals surface area contributed by atoms with Gasteiger partial charge in [-0.05, 0) is 35.6 Å². The van der Waals surface area contributed by atoms with Gasteiger partial charge in [0.05, 0.1) is 0 Å². The van der Waals surface area contributed by atoms with Crippen LogP contribution in [0.2, 0.25) is 0 Å². The summed E-state index contributed by atoms with van der Waals surface area (Å²) in [5, 5.41) is 8.87. The van der Waals surface area contributed by atoms with Crippen molar-refractivity contribution in [2.75, 3.05) is 13.1 Å². The molecule has 0 spiro atoms. The Morgan fingerprint density at radius 1 is 0.707 bits per heavy atom. The fourth-order valence-electron chi connectivity index (χ4n) is 4.84. The minimum Gasteiger partial charge on any atom is -0.354 e. The lowest BCUT2D eigenvalue weighted by Gasteiger charge is -2.18. The lowest BCUT2D eigenvalue weighted by Crippen LogP contribution is -2.47. The maximum atomic E-state index is 13.6. The second-order valence-electron chi connectivity index (χ2n) is 10.4. The Labute approximate surface area is 245 Å². The topological polar surface area (TPSA) is 87.3 Å². The highest BCUT2D eigenvalue weighted by atomic mass is 16.2. The van der Waals surface area contributed by atoms with E-state index >= 15 is 0 Å². The number of amides is 3. The number of rotatable bonds is 3. The molecule has 0 saturated carbocycles. The predicted octanol–water partition coefficient (Wildman–Crippen LogP) is 5.81. The average Bonchev–Trinajstić information content (AvgIpc) is 2.99. The highest BCUT2D eigenvalue weighted by Gasteiger charge is 2.22. The second kappa shape index (κ2) is 18.3. The third-order valence-electron chi connectivity index (χ3n) is 7.22. The van der Waals surface area contributed by atoms with E-state index < -0.39 is 11.9 Å². The van der Waals surface area contributed by atoms with Gasteiger partial charge in [-0.1, -0.05) is 112 Å². The van der Waals surface area contributed by atoms with E-state index in [4.69, 9.17) is 6.42 Å². The van der Waals surface area contributed by atoms with Crippen LogP contribution < -0.4 is 16.0 Å². The van der Waals surface area contributed by atoms with Crippen LogP contribution >= 0.6 is 0 Å². The molecule has 0 fully saturated rings. The van der Waals surface area contributed by atoms with Crippen LogP contribution in [-0.4, -0.2) is 36.9 Å². The van der Waals surface area contributed by atoms with Gasteiger partial charge in [0.2, 0.25) is 11.8 Å². The lowest BCUT2D eigenvalue weighted by molar-refractivity contribution is -0.126. The normalized spacial score (nSPS) is 21.9. The molecule has 0 aliphatic carbocycles. The zero-order chi connectivity index (χ0) is 29.1. The van der Waals surface area contributed by atoms with Crippen molar-refractivity contribution < 1.29 is 14.4 Å². The zero-order valence-corrected chi connectivity index (χ0v) is 24.0. The summed E-state index contributed by atoms with van der Waals surface area (Å²) >= 11 is 0. The molecule has 1 heterocycles. The van der Waals surface area contributed by atoms with E-state index in [0.29, 0.717) is 30.6 Å². The van der Waals surface area contributed by atoms with Gasteiger partial charge in [0, 0.05) is 31.5 Å². The number of allylic oxidation sites excluding steroid dienone is 2. The molecular weight excluding hydrogens is 510 g/mol. The molecule has 2 aromatic carbocycles. The Bertz CT molecular complexity index is 1210. The second-order valence-corrected chi connectivity index (χ2v) is 10.4.